The molecule has 0 N–H and O–H groups in total. The van der Waals surface area contributed by atoms with E-state index in [1.165, 1.54) is 11.0 Å². The predicted octanol–water partition coefficient (Wildman–Crippen LogP) is 2.58. The number of benzene rings is 1. The lowest BCUT2D eigenvalue weighted by Crippen LogP contribution is -2.34. The van der Waals surface area contributed by atoms with Crippen molar-refractivity contribution >= 4 is 6.09 Å². The molecule has 0 aromatic heterocycles. The van der Waals surface area contributed by atoms with Crippen molar-refractivity contribution in [3.05, 3.63) is 58.3 Å². The van der Waals surface area contributed by atoms with Crippen molar-refractivity contribution in [3.63, 3.8) is 0 Å². The van der Waals surface area contributed by atoms with E-state index >= 15 is 0 Å². The van der Waals surface area contributed by atoms with Crippen LogP contribution in [0.15, 0.2) is 42.6 Å². The summed E-state index contributed by atoms with van der Waals surface area (Å²) >= 11 is 0. The number of nitrogens with zero attached hydrogens (tertiary/aromatic N) is 2. The number of amides is 1. The summed E-state index contributed by atoms with van der Waals surface area (Å²) in [6, 6.07) is 9.15. The summed E-state index contributed by atoms with van der Waals surface area (Å²) in [6.45, 7) is 0.780. The second kappa shape index (κ2) is 6.70. The third kappa shape index (κ3) is 3.81. The monoisotopic (exact) mass is 276 g/mol. The zero-order valence-corrected chi connectivity index (χ0v) is 11.0. The van der Waals surface area contributed by atoms with E-state index < -0.39 is 11.0 Å². The zero-order valence-electron chi connectivity index (χ0n) is 11.0. The fourth-order valence-electron chi connectivity index (χ4n) is 2.19. The summed E-state index contributed by atoms with van der Waals surface area (Å²) in [4.78, 5) is 23.3. The molecule has 1 aromatic carbocycles. The van der Waals surface area contributed by atoms with Crippen LogP contribution in [0, 0.1) is 10.1 Å². The molecular weight excluding hydrogens is 260 g/mol. The quantitative estimate of drug-likeness (QED) is 0.626. The lowest BCUT2D eigenvalue weighted by molar-refractivity contribution is -0.402. The first-order valence-electron chi connectivity index (χ1n) is 6.46. The first kappa shape index (κ1) is 14.0. The maximum absolute atomic E-state index is 12.0. The Morgan fingerprint density at radius 1 is 1.45 bits per heavy atom. The summed E-state index contributed by atoms with van der Waals surface area (Å²) in [5, 5.41) is 10.3. The van der Waals surface area contributed by atoms with Gasteiger partial charge in [-0.3, -0.25) is 10.1 Å². The van der Waals surface area contributed by atoms with Crippen LogP contribution in [-0.2, 0) is 11.3 Å². The molecule has 1 amide bonds. The summed E-state index contributed by atoms with van der Waals surface area (Å²) < 4.78 is 5.23. The Hall–Kier alpha value is -2.37. The van der Waals surface area contributed by atoms with E-state index in [1.807, 2.05) is 30.3 Å². The van der Waals surface area contributed by atoms with Gasteiger partial charge in [0.15, 0.2) is 0 Å². The van der Waals surface area contributed by atoms with Crippen LogP contribution >= 0.6 is 0 Å². The molecule has 0 radical (unpaired) electrons. The van der Waals surface area contributed by atoms with Crippen molar-refractivity contribution in [2.24, 2.45) is 0 Å². The summed E-state index contributed by atoms with van der Waals surface area (Å²) in [5.41, 5.74) is 0.914. The van der Waals surface area contributed by atoms with Gasteiger partial charge in [0.05, 0.1) is 11.0 Å². The van der Waals surface area contributed by atoms with Gasteiger partial charge in [-0.25, -0.2) is 4.79 Å². The first-order valence-corrected chi connectivity index (χ1v) is 6.46. The van der Waals surface area contributed by atoms with Gasteiger partial charge in [-0.2, -0.15) is 0 Å². The van der Waals surface area contributed by atoms with Crippen molar-refractivity contribution in [1.82, 2.24) is 4.90 Å². The Morgan fingerprint density at radius 2 is 2.20 bits per heavy atom. The van der Waals surface area contributed by atoms with Gasteiger partial charge in [0.1, 0.15) is 6.61 Å². The maximum atomic E-state index is 12.0. The normalized spacial score (nSPS) is 18.4. The Balaban J connectivity index is 1.89. The zero-order chi connectivity index (χ0) is 14.4. The molecule has 6 heteroatoms. The Bertz CT molecular complexity index is 501. The molecule has 1 atom stereocenters. The number of carbonyl (C=O) groups is 1. The molecule has 1 unspecified atom stereocenters. The van der Waals surface area contributed by atoms with Crippen LogP contribution in [0.25, 0.3) is 0 Å². The maximum Gasteiger partial charge on any atom is 0.410 e. The smallest absolute Gasteiger partial charge is 0.410 e. The predicted molar refractivity (Wildman–Crippen MR) is 72.5 cm³/mol. The molecule has 0 aliphatic carbocycles. The van der Waals surface area contributed by atoms with E-state index in [4.69, 9.17) is 4.74 Å². The fourth-order valence-corrected chi connectivity index (χ4v) is 2.19. The second-order valence-electron chi connectivity index (χ2n) is 4.57. The Morgan fingerprint density at radius 3 is 2.90 bits per heavy atom. The molecule has 20 heavy (non-hydrogen) atoms. The minimum absolute atomic E-state index is 0.210. The Kier molecular flexibility index (Phi) is 4.70. The third-order valence-electron chi connectivity index (χ3n) is 3.17. The van der Waals surface area contributed by atoms with Gasteiger partial charge in [-0.1, -0.05) is 30.3 Å². The fraction of sp³-hybridized carbons (Fsp3) is 0.357. The molecule has 1 heterocycles. The van der Waals surface area contributed by atoms with E-state index in [2.05, 4.69) is 0 Å². The van der Waals surface area contributed by atoms with Crippen molar-refractivity contribution in [2.75, 3.05) is 6.54 Å². The van der Waals surface area contributed by atoms with Gasteiger partial charge in [-0.15, -0.1) is 0 Å². The van der Waals surface area contributed by atoms with Crippen LogP contribution in [0.5, 0.6) is 0 Å². The molecular formula is C14H16N2O4. The minimum atomic E-state index is -0.522. The lowest BCUT2D eigenvalue weighted by atomic mass is 10.2. The molecule has 1 saturated heterocycles. The topological polar surface area (TPSA) is 72.7 Å². The van der Waals surface area contributed by atoms with E-state index in [0.29, 0.717) is 6.54 Å². The molecule has 106 valence electrons. The molecule has 0 saturated carbocycles. The first-order chi connectivity index (χ1) is 9.66. The van der Waals surface area contributed by atoms with E-state index in [-0.39, 0.29) is 12.6 Å². The van der Waals surface area contributed by atoms with Gasteiger partial charge in [-0.05, 0) is 18.4 Å². The Labute approximate surface area is 116 Å². The standard InChI is InChI=1S/C14H16N2O4/c17-14(20-11-12-5-2-1-3-6-12)15-9-4-7-13(15)8-10-16(18)19/h1-3,5-6,8,10,13H,4,7,9,11H2/b10-8+. The van der Waals surface area contributed by atoms with Crippen molar-refractivity contribution < 1.29 is 14.5 Å². The van der Waals surface area contributed by atoms with Gasteiger partial charge >= 0.3 is 6.09 Å². The summed E-state index contributed by atoms with van der Waals surface area (Å²) in [7, 11) is 0. The molecule has 1 aliphatic rings. The van der Waals surface area contributed by atoms with E-state index in [9.17, 15) is 14.9 Å². The summed E-state index contributed by atoms with van der Waals surface area (Å²) in [6.07, 6.45) is 3.45. The SMILES string of the molecule is O=C(OCc1ccccc1)N1CCCC1/C=C/[N+](=O)[O-]. The molecule has 1 fully saturated rings. The average molecular weight is 276 g/mol. The number of ether oxygens (including phenoxy) is 1. The van der Waals surface area contributed by atoms with Crippen molar-refractivity contribution in [3.8, 4) is 0 Å². The van der Waals surface area contributed by atoms with Gasteiger partial charge in [0.2, 0.25) is 6.20 Å². The van der Waals surface area contributed by atoms with Gasteiger partial charge in [0.25, 0.3) is 0 Å². The second-order valence-corrected chi connectivity index (χ2v) is 4.57. The van der Waals surface area contributed by atoms with Crippen LogP contribution in [0.1, 0.15) is 18.4 Å². The van der Waals surface area contributed by atoms with Crippen LogP contribution in [-0.4, -0.2) is 28.5 Å². The lowest BCUT2D eigenvalue weighted by Gasteiger charge is -2.20. The number of nitro groups is 1. The molecule has 1 aromatic rings. The van der Waals surface area contributed by atoms with Crippen LogP contribution in [0.2, 0.25) is 0 Å². The molecule has 0 bridgehead atoms. The van der Waals surface area contributed by atoms with Crippen LogP contribution in [0.3, 0.4) is 0 Å². The molecule has 6 nitrogen and oxygen atoms in total. The van der Waals surface area contributed by atoms with Crippen LogP contribution < -0.4 is 0 Å². The number of rotatable bonds is 4. The molecule has 2 rings (SSSR count). The average Bonchev–Trinajstić information content (AvgIpc) is 2.92. The van der Waals surface area contributed by atoms with E-state index in [0.717, 1.165) is 24.6 Å². The largest absolute Gasteiger partial charge is 0.445 e. The van der Waals surface area contributed by atoms with E-state index in [1.54, 1.807) is 0 Å². The number of hydrogen-bond donors (Lipinski definition) is 0. The highest BCUT2D eigenvalue weighted by Gasteiger charge is 2.28. The van der Waals surface area contributed by atoms with Crippen molar-refractivity contribution in [1.29, 1.82) is 0 Å². The highest BCUT2D eigenvalue weighted by Crippen LogP contribution is 2.19. The van der Waals surface area contributed by atoms with Gasteiger partial charge < -0.3 is 9.64 Å². The van der Waals surface area contributed by atoms with Crippen molar-refractivity contribution in [2.45, 2.75) is 25.5 Å². The van der Waals surface area contributed by atoms with Gasteiger partial charge in [0, 0.05) is 12.6 Å². The highest BCUT2D eigenvalue weighted by molar-refractivity contribution is 5.68. The summed E-state index contributed by atoms with van der Waals surface area (Å²) in [5.74, 6) is 0. The molecule has 0 spiro atoms. The number of likely N-dealkylation sites (tertiary alicyclic amines) is 1. The minimum Gasteiger partial charge on any atom is -0.445 e. The third-order valence-corrected chi connectivity index (χ3v) is 3.17. The van der Waals surface area contributed by atoms with Crippen LogP contribution in [0.4, 0.5) is 4.79 Å². The molecule has 1 aliphatic heterocycles. The number of hydrogen-bond acceptors (Lipinski definition) is 4. The number of carbonyl (C=O) groups excluding carboxylic acids is 1. The highest BCUT2D eigenvalue weighted by atomic mass is 16.6.